The molecular weight excluding hydrogens is 306 g/mol. The molecule has 5 nitrogen and oxygen atoms in total. The molecule has 1 amide bonds. The van der Waals surface area contributed by atoms with E-state index in [1.54, 1.807) is 26.1 Å². The quantitative estimate of drug-likeness (QED) is 0.830. The first-order valence-corrected chi connectivity index (χ1v) is 8.68. The van der Waals surface area contributed by atoms with Crippen LogP contribution in [0.25, 0.3) is 0 Å². The minimum absolute atomic E-state index is 0.179. The van der Waals surface area contributed by atoms with Crippen LogP contribution in [0.2, 0.25) is 0 Å². The fourth-order valence-corrected chi connectivity index (χ4v) is 3.05. The van der Waals surface area contributed by atoms with Crippen LogP contribution >= 0.6 is 0 Å². The maximum absolute atomic E-state index is 12.3. The third kappa shape index (κ3) is 5.25. The number of carbonyl (C=O) groups excluding carboxylic acids is 1. The maximum Gasteiger partial charge on any atom is 0.308 e. The second-order valence-electron chi connectivity index (χ2n) is 6.76. The van der Waals surface area contributed by atoms with E-state index in [1.807, 2.05) is 12.1 Å². The molecule has 132 valence electrons. The summed E-state index contributed by atoms with van der Waals surface area (Å²) in [5.74, 6) is -0.248. The number of hydrogen-bond donors (Lipinski definition) is 1. The van der Waals surface area contributed by atoms with Gasteiger partial charge in [-0.3, -0.25) is 9.59 Å². The Labute approximate surface area is 143 Å². The molecule has 1 unspecified atom stereocenters. The van der Waals surface area contributed by atoms with E-state index in [0.717, 1.165) is 12.4 Å². The number of carbonyl (C=O) groups is 2. The monoisotopic (exact) mass is 333 g/mol. The van der Waals surface area contributed by atoms with Gasteiger partial charge < -0.3 is 14.7 Å². The van der Waals surface area contributed by atoms with Crippen LogP contribution in [0.15, 0.2) is 24.3 Å². The summed E-state index contributed by atoms with van der Waals surface area (Å²) in [7, 11) is 1.62. The molecule has 1 aliphatic rings. The largest absolute Gasteiger partial charge is 0.493 e. The topological polar surface area (TPSA) is 66.8 Å². The average Bonchev–Trinajstić information content (AvgIpc) is 2.60. The van der Waals surface area contributed by atoms with Crippen LogP contribution in [0.5, 0.6) is 5.75 Å². The number of rotatable bonds is 7. The van der Waals surface area contributed by atoms with Gasteiger partial charge >= 0.3 is 5.97 Å². The molecule has 1 N–H and O–H groups in total. The van der Waals surface area contributed by atoms with Crippen molar-refractivity contribution < 1.29 is 19.4 Å². The number of carboxylic acids is 1. The molecule has 1 saturated carbocycles. The molecule has 1 fully saturated rings. The van der Waals surface area contributed by atoms with Crippen molar-refractivity contribution in [2.45, 2.75) is 39.0 Å². The molecule has 0 aromatic heterocycles. The van der Waals surface area contributed by atoms with Crippen molar-refractivity contribution in [1.82, 2.24) is 4.90 Å². The van der Waals surface area contributed by atoms with Crippen molar-refractivity contribution >= 4 is 11.9 Å². The highest BCUT2D eigenvalue weighted by Crippen LogP contribution is 2.24. The third-order valence-electron chi connectivity index (χ3n) is 4.63. The van der Waals surface area contributed by atoms with Crippen molar-refractivity contribution in [3.63, 3.8) is 0 Å². The summed E-state index contributed by atoms with van der Waals surface area (Å²) in [6, 6.07) is 7.09. The van der Waals surface area contributed by atoms with Crippen LogP contribution in [-0.2, 0) is 4.79 Å². The predicted octanol–water partition coefficient (Wildman–Crippen LogP) is 3.44. The number of benzene rings is 1. The summed E-state index contributed by atoms with van der Waals surface area (Å²) in [5, 5.41) is 8.93. The van der Waals surface area contributed by atoms with E-state index in [9.17, 15) is 9.59 Å². The lowest BCUT2D eigenvalue weighted by molar-refractivity contribution is -0.141. The lowest BCUT2D eigenvalue weighted by Gasteiger charge is -2.22. The first kappa shape index (κ1) is 18.3. The number of aliphatic carboxylic acids is 1. The summed E-state index contributed by atoms with van der Waals surface area (Å²) in [6.07, 6.45) is 6.40. The van der Waals surface area contributed by atoms with E-state index < -0.39 is 11.9 Å². The Hall–Kier alpha value is -2.04. The standard InChI is InChI=1S/C19H27NO4/c1-14(19(22)23)12-20(2)18(21)16-8-10-17(11-9-16)24-13-15-6-4-3-5-7-15/h8-11,14-15H,3-7,12-13H2,1-2H3,(H,22,23). The average molecular weight is 333 g/mol. The first-order chi connectivity index (χ1) is 11.5. The Balaban J connectivity index is 1.86. The molecule has 0 heterocycles. The van der Waals surface area contributed by atoms with Crippen LogP contribution in [0.3, 0.4) is 0 Å². The fourth-order valence-electron chi connectivity index (χ4n) is 3.05. The van der Waals surface area contributed by atoms with E-state index in [2.05, 4.69) is 0 Å². The Kier molecular flexibility index (Phi) is 6.64. The minimum Gasteiger partial charge on any atom is -0.493 e. The molecule has 1 aromatic rings. The Bertz CT molecular complexity index is 549. The molecule has 1 atom stereocenters. The molecule has 0 spiro atoms. The van der Waals surface area contributed by atoms with Gasteiger partial charge in [0.2, 0.25) is 0 Å². The SMILES string of the molecule is CC(CN(C)C(=O)c1ccc(OCC2CCCCC2)cc1)C(=O)O. The molecule has 2 rings (SSSR count). The second kappa shape index (κ2) is 8.71. The second-order valence-corrected chi connectivity index (χ2v) is 6.76. The summed E-state index contributed by atoms with van der Waals surface area (Å²) in [6.45, 7) is 2.52. The number of ether oxygens (including phenoxy) is 1. The van der Waals surface area contributed by atoms with Gasteiger partial charge in [-0.1, -0.05) is 26.2 Å². The summed E-state index contributed by atoms with van der Waals surface area (Å²) in [4.78, 5) is 24.6. The maximum atomic E-state index is 12.3. The van der Waals surface area contributed by atoms with E-state index in [0.29, 0.717) is 11.5 Å². The Morgan fingerprint density at radius 3 is 2.42 bits per heavy atom. The van der Waals surface area contributed by atoms with Crippen LogP contribution in [0, 0.1) is 11.8 Å². The van der Waals surface area contributed by atoms with Gasteiger partial charge in [-0.2, -0.15) is 0 Å². The van der Waals surface area contributed by atoms with Crippen molar-refractivity contribution in [3.8, 4) is 5.75 Å². The molecule has 0 saturated heterocycles. The van der Waals surface area contributed by atoms with Crippen molar-refractivity contribution in [2.75, 3.05) is 20.2 Å². The van der Waals surface area contributed by atoms with Gasteiger partial charge in [-0.15, -0.1) is 0 Å². The van der Waals surface area contributed by atoms with Gasteiger partial charge in [-0.05, 0) is 43.0 Å². The predicted molar refractivity (Wildman–Crippen MR) is 92.3 cm³/mol. The van der Waals surface area contributed by atoms with E-state index in [1.165, 1.54) is 37.0 Å². The number of carboxylic acid groups (broad SMARTS) is 1. The smallest absolute Gasteiger partial charge is 0.308 e. The molecule has 5 heteroatoms. The Morgan fingerprint density at radius 2 is 1.83 bits per heavy atom. The van der Waals surface area contributed by atoms with Gasteiger partial charge in [0, 0.05) is 19.2 Å². The molecule has 24 heavy (non-hydrogen) atoms. The lowest BCUT2D eigenvalue weighted by Crippen LogP contribution is -2.33. The van der Waals surface area contributed by atoms with E-state index in [4.69, 9.17) is 9.84 Å². The highest BCUT2D eigenvalue weighted by Gasteiger charge is 2.19. The van der Waals surface area contributed by atoms with Gasteiger partial charge in [0.15, 0.2) is 0 Å². The van der Waals surface area contributed by atoms with Crippen molar-refractivity contribution in [2.24, 2.45) is 11.8 Å². The normalized spacial score (nSPS) is 16.4. The van der Waals surface area contributed by atoms with Crippen LogP contribution in [-0.4, -0.2) is 42.1 Å². The zero-order chi connectivity index (χ0) is 17.5. The summed E-state index contributed by atoms with van der Waals surface area (Å²) >= 11 is 0. The number of amides is 1. The fraction of sp³-hybridized carbons (Fsp3) is 0.579. The minimum atomic E-state index is -0.902. The van der Waals surface area contributed by atoms with Crippen LogP contribution in [0.4, 0.5) is 0 Å². The number of nitrogens with zero attached hydrogens (tertiary/aromatic N) is 1. The highest BCUT2D eigenvalue weighted by molar-refractivity contribution is 5.94. The van der Waals surface area contributed by atoms with Crippen molar-refractivity contribution in [3.05, 3.63) is 29.8 Å². The van der Waals surface area contributed by atoms with Crippen molar-refractivity contribution in [1.29, 1.82) is 0 Å². The molecule has 0 radical (unpaired) electrons. The third-order valence-corrected chi connectivity index (χ3v) is 4.63. The molecule has 0 bridgehead atoms. The van der Waals surface area contributed by atoms with Gasteiger partial charge in [0.1, 0.15) is 5.75 Å². The van der Waals surface area contributed by atoms with Gasteiger partial charge in [0.05, 0.1) is 12.5 Å². The Morgan fingerprint density at radius 1 is 1.21 bits per heavy atom. The van der Waals surface area contributed by atoms with E-state index in [-0.39, 0.29) is 12.5 Å². The van der Waals surface area contributed by atoms with Gasteiger partial charge in [-0.25, -0.2) is 0 Å². The van der Waals surface area contributed by atoms with E-state index >= 15 is 0 Å². The zero-order valence-electron chi connectivity index (χ0n) is 14.5. The van der Waals surface area contributed by atoms with Crippen LogP contribution < -0.4 is 4.74 Å². The summed E-state index contributed by atoms with van der Waals surface area (Å²) < 4.78 is 5.83. The summed E-state index contributed by atoms with van der Waals surface area (Å²) in [5.41, 5.74) is 0.542. The molecular formula is C19H27NO4. The molecule has 0 aliphatic heterocycles. The lowest BCUT2D eigenvalue weighted by atomic mass is 9.90. The number of hydrogen-bond acceptors (Lipinski definition) is 3. The zero-order valence-corrected chi connectivity index (χ0v) is 14.5. The molecule has 1 aliphatic carbocycles. The van der Waals surface area contributed by atoms with Gasteiger partial charge in [0.25, 0.3) is 5.91 Å². The van der Waals surface area contributed by atoms with Crippen LogP contribution in [0.1, 0.15) is 49.4 Å². The highest BCUT2D eigenvalue weighted by atomic mass is 16.5. The molecule has 1 aromatic carbocycles. The first-order valence-electron chi connectivity index (χ1n) is 8.68.